The molecule has 0 radical (unpaired) electrons. The lowest BCUT2D eigenvalue weighted by Crippen LogP contribution is -2.44. The molecule has 4 heteroatoms. The molecule has 1 atom stereocenters. The van der Waals surface area contributed by atoms with Crippen LogP contribution in [-0.4, -0.2) is 37.0 Å². The van der Waals surface area contributed by atoms with Crippen LogP contribution in [0.1, 0.15) is 24.8 Å². The summed E-state index contributed by atoms with van der Waals surface area (Å²) in [6.45, 7) is 1.93. The lowest BCUT2D eigenvalue weighted by Gasteiger charge is -2.28. The van der Waals surface area contributed by atoms with E-state index in [0.29, 0.717) is 12.5 Å². The number of nitrogens with one attached hydrogen (secondary N) is 1. The van der Waals surface area contributed by atoms with Crippen molar-refractivity contribution in [2.45, 2.75) is 31.7 Å². The summed E-state index contributed by atoms with van der Waals surface area (Å²) in [6.07, 6.45) is 4.27. The first kappa shape index (κ1) is 12.6. The zero-order valence-corrected chi connectivity index (χ0v) is 11.1. The second-order valence-corrected chi connectivity index (χ2v) is 5.51. The van der Waals surface area contributed by atoms with Gasteiger partial charge >= 0.3 is 0 Å². The van der Waals surface area contributed by atoms with E-state index in [2.05, 4.69) is 5.32 Å². The second-order valence-electron chi connectivity index (χ2n) is 4.73. The Morgan fingerprint density at radius 2 is 2.47 bits per heavy atom. The van der Waals surface area contributed by atoms with Gasteiger partial charge in [0.05, 0.1) is 6.42 Å². The van der Waals surface area contributed by atoms with Gasteiger partial charge in [-0.2, -0.15) is 11.3 Å². The Morgan fingerprint density at radius 3 is 3.12 bits per heavy atom. The van der Waals surface area contributed by atoms with Crippen LogP contribution in [0.15, 0.2) is 16.8 Å². The van der Waals surface area contributed by atoms with Gasteiger partial charge in [-0.3, -0.25) is 4.79 Å². The first-order chi connectivity index (χ1) is 8.25. The van der Waals surface area contributed by atoms with Crippen LogP contribution in [0.25, 0.3) is 0 Å². The van der Waals surface area contributed by atoms with E-state index >= 15 is 0 Å². The van der Waals surface area contributed by atoms with Gasteiger partial charge in [0.1, 0.15) is 0 Å². The minimum absolute atomic E-state index is 0.218. The molecule has 1 fully saturated rings. The number of nitrogens with zero attached hydrogens (tertiary/aromatic N) is 1. The first-order valence-corrected chi connectivity index (χ1v) is 7.18. The highest BCUT2D eigenvalue weighted by molar-refractivity contribution is 7.07. The van der Waals surface area contributed by atoms with Crippen molar-refractivity contribution in [2.75, 3.05) is 20.1 Å². The summed E-state index contributed by atoms with van der Waals surface area (Å²) < 4.78 is 0. The molecule has 3 nitrogen and oxygen atoms in total. The van der Waals surface area contributed by atoms with Crippen molar-refractivity contribution in [3.05, 3.63) is 22.4 Å². The fourth-order valence-corrected chi connectivity index (χ4v) is 2.88. The Balaban J connectivity index is 1.78. The quantitative estimate of drug-likeness (QED) is 0.887. The molecular weight excluding hydrogens is 232 g/mol. The SMILES string of the molecule is CN(CC1CCCCN1)C(=O)Cc1ccsc1. The Kier molecular flexibility index (Phi) is 4.57. The van der Waals surface area contributed by atoms with Gasteiger partial charge in [0.25, 0.3) is 0 Å². The summed E-state index contributed by atoms with van der Waals surface area (Å²) in [6, 6.07) is 2.51. The van der Waals surface area contributed by atoms with E-state index in [0.717, 1.165) is 18.7 Å². The Morgan fingerprint density at radius 1 is 1.59 bits per heavy atom. The number of carbonyl (C=O) groups is 1. The van der Waals surface area contributed by atoms with Gasteiger partial charge < -0.3 is 10.2 Å². The molecule has 0 saturated carbocycles. The van der Waals surface area contributed by atoms with Gasteiger partial charge in [0.15, 0.2) is 0 Å². The third kappa shape index (κ3) is 3.82. The summed E-state index contributed by atoms with van der Waals surface area (Å²) in [4.78, 5) is 13.8. The molecule has 1 aliphatic heterocycles. The van der Waals surface area contributed by atoms with Crippen LogP contribution in [0.4, 0.5) is 0 Å². The maximum atomic E-state index is 12.0. The molecule has 1 aromatic heterocycles. The van der Waals surface area contributed by atoms with Crippen LogP contribution in [-0.2, 0) is 11.2 Å². The predicted molar refractivity (Wildman–Crippen MR) is 71.3 cm³/mol. The molecule has 94 valence electrons. The molecule has 1 amide bonds. The molecule has 2 rings (SSSR count). The van der Waals surface area contributed by atoms with Crippen molar-refractivity contribution in [3.63, 3.8) is 0 Å². The van der Waals surface area contributed by atoms with E-state index < -0.39 is 0 Å². The van der Waals surface area contributed by atoms with Crippen LogP contribution < -0.4 is 5.32 Å². The fourth-order valence-electron chi connectivity index (χ4n) is 2.22. The Hall–Kier alpha value is -0.870. The maximum Gasteiger partial charge on any atom is 0.226 e. The summed E-state index contributed by atoms with van der Waals surface area (Å²) in [7, 11) is 1.91. The number of rotatable bonds is 4. The zero-order valence-electron chi connectivity index (χ0n) is 10.3. The summed E-state index contributed by atoms with van der Waals surface area (Å²) in [5, 5.41) is 7.54. The van der Waals surface area contributed by atoms with Crippen molar-refractivity contribution in [1.82, 2.24) is 10.2 Å². The average Bonchev–Trinajstić information content (AvgIpc) is 2.83. The van der Waals surface area contributed by atoms with Gasteiger partial charge in [-0.15, -0.1) is 0 Å². The number of likely N-dealkylation sites (N-methyl/N-ethyl adjacent to an activating group) is 1. The highest BCUT2D eigenvalue weighted by Crippen LogP contribution is 2.10. The molecule has 2 heterocycles. The summed E-state index contributed by atoms with van der Waals surface area (Å²) in [5.41, 5.74) is 1.13. The molecule has 1 aliphatic rings. The van der Waals surface area contributed by atoms with Gasteiger partial charge in [-0.1, -0.05) is 6.42 Å². The van der Waals surface area contributed by atoms with Crippen LogP contribution in [0, 0.1) is 0 Å². The molecule has 1 unspecified atom stereocenters. The smallest absolute Gasteiger partial charge is 0.226 e. The van der Waals surface area contributed by atoms with Gasteiger partial charge in [0, 0.05) is 19.6 Å². The minimum atomic E-state index is 0.218. The molecule has 0 aliphatic carbocycles. The Bertz CT molecular complexity index is 344. The monoisotopic (exact) mass is 252 g/mol. The van der Waals surface area contributed by atoms with E-state index in [1.807, 2.05) is 28.8 Å². The molecule has 1 aromatic rings. The number of piperidine rings is 1. The molecule has 0 spiro atoms. The zero-order chi connectivity index (χ0) is 12.1. The highest BCUT2D eigenvalue weighted by atomic mass is 32.1. The topological polar surface area (TPSA) is 32.3 Å². The molecule has 1 saturated heterocycles. The lowest BCUT2D eigenvalue weighted by atomic mass is 10.0. The molecule has 1 N–H and O–H groups in total. The van der Waals surface area contributed by atoms with Crippen LogP contribution in [0.2, 0.25) is 0 Å². The van der Waals surface area contributed by atoms with E-state index in [4.69, 9.17) is 0 Å². The van der Waals surface area contributed by atoms with Crippen molar-refractivity contribution >= 4 is 17.2 Å². The summed E-state index contributed by atoms with van der Waals surface area (Å²) in [5.74, 6) is 0.218. The standard InChI is InChI=1S/C13H20N2OS/c1-15(9-12-4-2-3-6-14-12)13(16)8-11-5-7-17-10-11/h5,7,10,12,14H,2-4,6,8-9H2,1H3. The lowest BCUT2D eigenvalue weighted by molar-refractivity contribution is -0.129. The van der Waals surface area contributed by atoms with E-state index in [1.54, 1.807) is 11.3 Å². The Labute approximate surface area is 107 Å². The van der Waals surface area contributed by atoms with Crippen LogP contribution in [0.5, 0.6) is 0 Å². The van der Waals surface area contributed by atoms with Crippen molar-refractivity contribution < 1.29 is 4.79 Å². The van der Waals surface area contributed by atoms with Crippen molar-refractivity contribution in [2.24, 2.45) is 0 Å². The van der Waals surface area contributed by atoms with E-state index in [1.165, 1.54) is 19.3 Å². The maximum absolute atomic E-state index is 12.0. The van der Waals surface area contributed by atoms with Gasteiger partial charge in [0.2, 0.25) is 5.91 Å². The number of thiophene rings is 1. The fraction of sp³-hybridized carbons (Fsp3) is 0.615. The van der Waals surface area contributed by atoms with E-state index in [9.17, 15) is 4.79 Å². The molecule has 17 heavy (non-hydrogen) atoms. The van der Waals surface area contributed by atoms with E-state index in [-0.39, 0.29) is 5.91 Å². The second kappa shape index (κ2) is 6.17. The molecular formula is C13H20N2OS. The van der Waals surface area contributed by atoms with Crippen molar-refractivity contribution in [3.8, 4) is 0 Å². The molecule has 0 bridgehead atoms. The van der Waals surface area contributed by atoms with Crippen molar-refractivity contribution in [1.29, 1.82) is 0 Å². The third-order valence-corrected chi connectivity index (χ3v) is 4.00. The third-order valence-electron chi connectivity index (χ3n) is 3.27. The number of hydrogen-bond donors (Lipinski definition) is 1. The van der Waals surface area contributed by atoms with Gasteiger partial charge in [-0.25, -0.2) is 0 Å². The highest BCUT2D eigenvalue weighted by Gasteiger charge is 2.17. The number of carbonyl (C=O) groups excluding carboxylic acids is 1. The largest absolute Gasteiger partial charge is 0.344 e. The summed E-state index contributed by atoms with van der Waals surface area (Å²) >= 11 is 1.65. The van der Waals surface area contributed by atoms with Crippen LogP contribution in [0.3, 0.4) is 0 Å². The van der Waals surface area contributed by atoms with Gasteiger partial charge in [-0.05, 0) is 41.8 Å². The van der Waals surface area contributed by atoms with Crippen LogP contribution >= 0.6 is 11.3 Å². The normalized spacial score (nSPS) is 20.2. The minimum Gasteiger partial charge on any atom is -0.344 e. The average molecular weight is 252 g/mol. The number of hydrogen-bond acceptors (Lipinski definition) is 3. The predicted octanol–water partition coefficient (Wildman–Crippen LogP) is 1.89. The first-order valence-electron chi connectivity index (χ1n) is 6.24. The number of amides is 1. The molecule has 0 aromatic carbocycles.